The van der Waals surface area contributed by atoms with E-state index in [-0.39, 0.29) is 24.5 Å². The Morgan fingerprint density at radius 2 is 1.85 bits per heavy atom. The average Bonchev–Trinajstić information content (AvgIpc) is 2.36. The van der Waals surface area contributed by atoms with Crippen LogP contribution < -0.4 is 5.32 Å². The van der Waals surface area contributed by atoms with Gasteiger partial charge >= 0.3 is 0 Å². The Morgan fingerprint density at radius 3 is 2.35 bits per heavy atom. The highest BCUT2D eigenvalue weighted by molar-refractivity contribution is 7.85. The number of benzene rings is 1. The summed E-state index contributed by atoms with van der Waals surface area (Å²) in [5, 5.41) is 2.81. The summed E-state index contributed by atoms with van der Waals surface area (Å²) in [7, 11) is -3.52. The molecule has 112 valence electrons. The van der Waals surface area contributed by atoms with Crippen LogP contribution in [0.5, 0.6) is 0 Å². The maximum absolute atomic E-state index is 11.8. The molecule has 1 N–H and O–H groups in total. The van der Waals surface area contributed by atoms with Crippen molar-refractivity contribution in [1.29, 1.82) is 0 Å². The molecular formula is C14H21NO4S. The summed E-state index contributed by atoms with van der Waals surface area (Å²) in [5.41, 5.74) is 1.01. The molecule has 20 heavy (non-hydrogen) atoms. The molecule has 1 aromatic rings. The van der Waals surface area contributed by atoms with Crippen LogP contribution in [0.1, 0.15) is 19.4 Å². The van der Waals surface area contributed by atoms with Gasteiger partial charge in [0.1, 0.15) is 0 Å². The van der Waals surface area contributed by atoms with Gasteiger partial charge in [0.05, 0.1) is 18.9 Å². The monoisotopic (exact) mass is 299 g/mol. The molecule has 0 heterocycles. The Kier molecular flexibility index (Phi) is 6.16. The van der Waals surface area contributed by atoms with Crippen LogP contribution in [-0.2, 0) is 25.5 Å². The summed E-state index contributed by atoms with van der Waals surface area (Å²) in [6, 6.07) is 9.17. The molecule has 0 aromatic heterocycles. The fraction of sp³-hybridized carbons (Fsp3) is 0.500. The average molecular weight is 299 g/mol. The SMILES string of the molecule is CC(C)C(=O)N[C@H](COS(C)(=O)=O)Cc1ccccc1. The summed E-state index contributed by atoms with van der Waals surface area (Å²) in [6.07, 6.45) is 1.52. The normalized spacial score (nSPS) is 13.2. The van der Waals surface area contributed by atoms with Gasteiger partial charge in [-0.1, -0.05) is 44.2 Å². The van der Waals surface area contributed by atoms with Crippen molar-refractivity contribution < 1.29 is 17.4 Å². The van der Waals surface area contributed by atoms with Crippen molar-refractivity contribution >= 4 is 16.0 Å². The van der Waals surface area contributed by atoms with E-state index in [0.717, 1.165) is 11.8 Å². The minimum atomic E-state index is -3.52. The Morgan fingerprint density at radius 1 is 1.25 bits per heavy atom. The molecule has 0 aliphatic heterocycles. The van der Waals surface area contributed by atoms with Gasteiger partial charge in [0, 0.05) is 5.92 Å². The van der Waals surface area contributed by atoms with Gasteiger partial charge in [-0.3, -0.25) is 8.98 Å². The lowest BCUT2D eigenvalue weighted by atomic mass is 10.1. The van der Waals surface area contributed by atoms with Gasteiger partial charge in [-0.25, -0.2) is 0 Å². The third kappa shape index (κ3) is 6.68. The Bertz CT molecular complexity index is 525. The quantitative estimate of drug-likeness (QED) is 0.771. The number of carbonyl (C=O) groups excluding carboxylic acids is 1. The van der Waals surface area contributed by atoms with Crippen LogP contribution in [0, 0.1) is 5.92 Å². The van der Waals surface area contributed by atoms with E-state index in [9.17, 15) is 13.2 Å². The molecule has 0 saturated heterocycles. The molecule has 0 fully saturated rings. The highest BCUT2D eigenvalue weighted by atomic mass is 32.2. The summed E-state index contributed by atoms with van der Waals surface area (Å²) in [6.45, 7) is 3.50. The first-order valence-electron chi connectivity index (χ1n) is 6.46. The maximum atomic E-state index is 11.8. The molecule has 0 spiro atoms. The first-order chi connectivity index (χ1) is 9.28. The lowest BCUT2D eigenvalue weighted by molar-refractivity contribution is -0.124. The molecule has 0 radical (unpaired) electrons. The molecule has 5 nitrogen and oxygen atoms in total. The molecule has 0 aliphatic rings. The minimum Gasteiger partial charge on any atom is -0.350 e. The largest absolute Gasteiger partial charge is 0.350 e. The van der Waals surface area contributed by atoms with Crippen LogP contribution in [0.2, 0.25) is 0 Å². The fourth-order valence-corrected chi connectivity index (χ4v) is 2.04. The molecule has 1 amide bonds. The topological polar surface area (TPSA) is 72.5 Å². The van der Waals surface area contributed by atoms with Crippen molar-refractivity contribution in [3.05, 3.63) is 35.9 Å². The van der Waals surface area contributed by atoms with E-state index < -0.39 is 10.1 Å². The predicted molar refractivity (Wildman–Crippen MR) is 77.7 cm³/mol. The summed E-state index contributed by atoms with van der Waals surface area (Å²) >= 11 is 0. The van der Waals surface area contributed by atoms with Crippen LogP contribution in [0.3, 0.4) is 0 Å². The van der Waals surface area contributed by atoms with Gasteiger partial charge in [0.2, 0.25) is 5.91 Å². The molecule has 1 rings (SSSR count). The van der Waals surface area contributed by atoms with Gasteiger partial charge in [0.15, 0.2) is 0 Å². The maximum Gasteiger partial charge on any atom is 0.264 e. The second-order valence-corrected chi connectivity index (χ2v) is 6.68. The number of nitrogens with one attached hydrogen (secondary N) is 1. The molecule has 0 unspecified atom stereocenters. The van der Waals surface area contributed by atoms with E-state index in [4.69, 9.17) is 4.18 Å². The zero-order valence-corrected chi connectivity index (χ0v) is 12.8. The van der Waals surface area contributed by atoms with E-state index in [2.05, 4.69) is 5.32 Å². The second-order valence-electron chi connectivity index (χ2n) is 5.04. The number of amides is 1. The lowest BCUT2D eigenvalue weighted by Crippen LogP contribution is -2.42. The highest BCUT2D eigenvalue weighted by Crippen LogP contribution is 2.06. The Hall–Kier alpha value is -1.40. The van der Waals surface area contributed by atoms with Crippen LogP contribution in [-0.4, -0.2) is 33.2 Å². The molecule has 1 aromatic carbocycles. The fourth-order valence-electron chi connectivity index (χ4n) is 1.62. The molecule has 6 heteroatoms. The number of rotatable bonds is 7. The van der Waals surface area contributed by atoms with E-state index in [1.54, 1.807) is 13.8 Å². The second kappa shape index (κ2) is 7.40. The molecule has 1 atom stereocenters. The summed E-state index contributed by atoms with van der Waals surface area (Å²) in [4.78, 5) is 11.8. The predicted octanol–water partition coefficient (Wildman–Crippen LogP) is 1.35. The van der Waals surface area contributed by atoms with Crippen molar-refractivity contribution in [2.24, 2.45) is 5.92 Å². The van der Waals surface area contributed by atoms with Crippen LogP contribution in [0.4, 0.5) is 0 Å². The third-order valence-corrected chi connectivity index (χ3v) is 3.24. The van der Waals surface area contributed by atoms with E-state index in [1.807, 2.05) is 30.3 Å². The van der Waals surface area contributed by atoms with Crippen molar-refractivity contribution in [2.75, 3.05) is 12.9 Å². The van der Waals surface area contributed by atoms with Gasteiger partial charge < -0.3 is 5.32 Å². The first-order valence-corrected chi connectivity index (χ1v) is 8.28. The van der Waals surface area contributed by atoms with Crippen molar-refractivity contribution in [3.63, 3.8) is 0 Å². The van der Waals surface area contributed by atoms with Crippen molar-refractivity contribution in [3.8, 4) is 0 Å². The number of hydrogen-bond acceptors (Lipinski definition) is 4. The molecular weight excluding hydrogens is 278 g/mol. The minimum absolute atomic E-state index is 0.0633. The van der Waals surface area contributed by atoms with Gasteiger partial charge in [-0.15, -0.1) is 0 Å². The van der Waals surface area contributed by atoms with E-state index >= 15 is 0 Å². The number of hydrogen-bond donors (Lipinski definition) is 1. The standard InChI is InChI=1S/C14H21NO4S/c1-11(2)14(16)15-13(10-19-20(3,17)18)9-12-7-5-4-6-8-12/h4-8,11,13H,9-10H2,1-3H3,(H,15,16)/t13-/m0/s1. The Labute approximate surface area is 120 Å². The van der Waals surface area contributed by atoms with Gasteiger partial charge in [-0.05, 0) is 12.0 Å². The van der Waals surface area contributed by atoms with Crippen LogP contribution in [0.15, 0.2) is 30.3 Å². The van der Waals surface area contributed by atoms with Crippen molar-refractivity contribution in [1.82, 2.24) is 5.32 Å². The van der Waals surface area contributed by atoms with Crippen LogP contribution in [0.25, 0.3) is 0 Å². The zero-order valence-electron chi connectivity index (χ0n) is 12.0. The van der Waals surface area contributed by atoms with E-state index in [1.165, 1.54) is 0 Å². The molecule has 0 saturated carbocycles. The van der Waals surface area contributed by atoms with E-state index in [0.29, 0.717) is 6.42 Å². The summed E-state index contributed by atoms with van der Waals surface area (Å²) in [5.74, 6) is -0.283. The van der Waals surface area contributed by atoms with Gasteiger partial charge in [-0.2, -0.15) is 8.42 Å². The summed E-state index contributed by atoms with van der Waals surface area (Å²) < 4.78 is 26.9. The first kappa shape index (κ1) is 16.7. The zero-order chi connectivity index (χ0) is 15.2. The van der Waals surface area contributed by atoms with Crippen molar-refractivity contribution in [2.45, 2.75) is 26.3 Å². The molecule has 0 bridgehead atoms. The third-order valence-electron chi connectivity index (χ3n) is 2.68. The Balaban J connectivity index is 2.70. The van der Waals surface area contributed by atoms with Crippen LogP contribution >= 0.6 is 0 Å². The van der Waals surface area contributed by atoms with Gasteiger partial charge in [0.25, 0.3) is 10.1 Å². The lowest BCUT2D eigenvalue weighted by Gasteiger charge is -2.19. The smallest absolute Gasteiger partial charge is 0.264 e. The number of carbonyl (C=O) groups is 1. The molecule has 0 aliphatic carbocycles. The highest BCUT2D eigenvalue weighted by Gasteiger charge is 2.17.